The molecule has 2 heterocycles. The zero-order valence-corrected chi connectivity index (χ0v) is 19.4. The van der Waals surface area contributed by atoms with Crippen molar-refractivity contribution < 1.29 is 19.1 Å². The number of amides is 3. The van der Waals surface area contributed by atoms with Crippen molar-refractivity contribution in [3.8, 4) is 11.5 Å². The number of fused-ring (bicyclic) bond motifs is 1. The Hall–Kier alpha value is -3.26. The predicted octanol–water partition coefficient (Wildman–Crippen LogP) is 3.82. The first-order chi connectivity index (χ1) is 15.7. The van der Waals surface area contributed by atoms with Crippen LogP contribution in [0.15, 0.2) is 30.3 Å². The highest BCUT2D eigenvalue weighted by atomic mass is 35.5. The van der Waals surface area contributed by atoms with Gasteiger partial charge in [-0.3, -0.25) is 14.4 Å². The molecule has 2 aromatic carbocycles. The number of aryl methyl sites for hydroxylation is 1. The average molecular weight is 471 g/mol. The van der Waals surface area contributed by atoms with Gasteiger partial charge in [0.15, 0.2) is 5.75 Å². The molecule has 33 heavy (non-hydrogen) atoms. The Balaban J connectivity index is 1.59. The van der Waals surface area contributed by atoms with Crippen LogP contribution in [0.25, 0.3) is 0 Å². The third kappa shape index (κ3) is 4.90. The van der Waals surface area contributed by atoms with Crippen molar-refractivity contribution in [1.82, 2.24) is 9.80 Å². The molecule has 3 N–H and O–H groups in total. The minimum Gasteiger partial charge on any atom is -0.455 e. The van der Waals surface area contributed by atoms with Crippen LogP contribution >= 0.6 is 11.6 Å². The van der Waals surface area contributed by atoms with Gasteiger partial charge >= 0.3 is 0 Å². The van der Waals surface area contributed by atoms with Crippen LogP contribution in [0.1, 0.15) is 41.6 Å². The molecule has 174 valence electrons. The Morgan fingerprint density at radius 3 is 2.58 bits per heavy atom. The molecule has 0 aliphatic carbocycles. The molecule has 1 saturated heterocycles. The van der Waals surface area contributed by atoms with Crippen molar-refractivity contribution in [2.75, 3.05) is 31.2 Å². The Kier molecular flexibility index (Phi) is 6.47. The molecule has 9 heteroatoms. The smallest absolute Gasteiger partial charge is 0.256 e. The Morgan fingerprint density at radius 1 is 1.15 bits per heavy atom. The topological polar surface area (TPSA) is 105 Å². The number of nitrogens with one attached hydrogen (secondary N) is 1. The number of nitrogen functional groups attached to an aromatic ring is 1. The summed E-state index contributed by atoms with van der Waals surface area (Å²) in [6.45, 7) is 3.26. The fraction of sp³-hybridized carbons (Fsp3) is 0.375. The number of halogens is 1. The van der Waals surface area contributed by atoms with Gasteiger partial charge in [0.2, 0.25) is 11.8 Å². The molecule has 2 aliphatic rings. The predicted molar refractivity (Wildman–Crippen MR) is 127 cm³/mol. The summed E-state index contributed by atoms with van der Waals surface area (Å²) in [5.74, 6) is -0.190. The van der Waals surface area contributed by atoms with Crippen molar-refractivity contribution in [1.29, 1.82) is 0 Å². The molecule has 3 amide bonds. The number of piperidine rings is 1. The van der Waals surface area contributed by atoms with E-state index in [4.69, 9.17) is 22.1 Å². The van der Waals surface area contributed by atoms with Gasteiger partial charge in [0.1, 0.15) is 11.8 Å². The summed E-state index contributed by atoms with van der Waals surface area (Å²) in [4.78, 5) is 42.1. The molecule has 0 unspecified atom stereocenters. The monoisotopic (exact) mass is 470 g/mol. The van der Waals surface area contributed by atoms with Crippen LogP contribution in [0.3, 0.4) is 0 Å². The van der Waals surface area contributed by atoms with Crippen LogP contribution in [0.2, 0.25) is 5.02 Å². The number of carbonyl (C=O) groups is 3. The standard InChI is InChI=1S/C24H27ClN4O4/c1-14-8-15(25)10-16(9-14)33-21-11-17-19(12-18(21)26)27-23(31)20(28(2)24(17)32)13-22(30)29-6-4-3-5-7-29/h8-12,20H,3-7,13,26H2,1-2H3,(H,27,31)/t20-/m0/s1. The van der Waals surface area contributed by atoms with E-state index in [2.05, 4.69) is 5.32 Å². The quantitative estimate of drug-likeness (QED) is 0.661. The van der Waals surface area contributed by atoms with Crippen molar-refractivity contribution in [2.24, 2.45) is 0 Å². The minimum atomic E-state index is -0.916. The number of rotatable bonds is 4. The maximum atomic E-state index is 13.3. The van der Waals surface area contributed by atoms with Crippen LogP contribution in [0.4, 0.5) is 11.4 Å². The molecule has 0 radical (unpaired) electrons. The van der Waals surface area contributed by atoms with Crippen molar-refractivity contribution in [2.45, 2.75) is 38.6 Å². The summed E-state index contributed by atoms with van der Waals surface area (Å²) < 4.78 is 5.91. The van der Waals surface area contributed by atoms with E-state index in [1.54, 1.807) is 23.1 Å². The SMILES string of the molecule is Cc1cc(Cl)cc(Oc2cc3c(cc2N)NC(=O)[C@H](CC(=O)N2CCCCC2)N(C)C3=O)c1. The Labute approximate surface area is 197 Å². The molecule has 1 fully saturated rings. The van der Waals surface area contributed by atoms with Gasteiger partial charge in [-0.1, -0.05) is 11.6 Å². The van der Waals surface area contributed by atoms with Crippen LogP contribution in [-0.4, -0.2) is 53.7 Å². The van der Waals surface area contributed by atoms with Crippen LogP contribution < -0.4 is 15.8 Å². The first kappa shape index (κ1) is 22.9. The molecule has 0 saturated carbocycles. The number of likely N-dealkylation sites (tertiary alicyclic amines) is 1. The van der Waals surface area contributed by atoms with Gasteiger partial charge in [-0.2, -0.15) is 0 Å². The average Bonchev–Trinajstić information content (AvgIpc) is 2.85. The fourth-order valence-corrected chi connectivity index (χ4v) is 4.52. The van der Waals surface area contributed by atoms with Gasteiger partial charge < -0.3 is 25.6 Å². The van der Waals surface area contributed by atoms with Gasteiger partial charge in [-0.05, 0) is 62.1 Å². The summed E-state index contributed by atoms with van der Waals surface area (Å²) in [5, 5.41) is 3.28. The van der Waals surface area contributed by atoms with Gasteiger partial charge in [0, 0.05) is 25.2 Å². The summed E-state index contributed by atoms with van der Waals surface area (Å²) in [6, 6.07) is 7.34. The Morgan fingerprint density at radius 2 is 1.88 bits per heavy atom. The number of hydrogen-bond donors (Lipinski definition) is 2. The van der Waals surface area contributed by atoms with E-state index in [9.17, 15) is 14.4 Å². The molecule has 2 aliphatic heterocycles. The van der Waals surface area contributed by atoms with E-state index in [0.29, 0.717) is 23.9 Å². The van der Waals surface area contributed by atoms with E-state index in [-0.39, 0.29) is 35.0 Å². The maximum absolute atomic E-state index is 13.3. The fourth-order valence-electron chi connectivity index (χ4n) is 4.24. The third-order valence-corrected chi connectivity index (χ3v) is 6.27. The lowest BCUT2D eigenvalue weighted by Gasteiger charge is -2.30. The number of nitrogens with two attached hydrogens (primary N) is 1. The van der Waals surface area contributed by atoms with Gasteiger partial charge in [0.05, 0.1) is 23.4 Å². The lowest BCUT2D eigenvalue weighted by molar-refractivity contribution is -0.135. The molecular formula is C24H27ClN4O4. The van der Waals surface area contributed by atoms with Crippen LogP contribution in [0.5, 0.6) is 11.5 Å². The van der Waals surface area contributed by atoms with E-state index in [1.165, 1.54) is 24.1 Å². The van der Waals surface area contributed by atoms with Crippen molar-refractivity contribution in [3.63, 3.8) is 0 Å². The normalized spacial score (nSPS) is 18.5. The summed E-state index contributed by atoms with van der Waals surface area (Å²) in [5.41, 5.74) is 7.86. The van der Waals surface area contributed by atoms with Gasteiger partial charge in [0.25, 0.3) is 5.91 Å². The molecule has 0 bridgehead atoms. The van der Waals surface area contributed by atoms with E-state index in [1.807, 2.05) is 6.92 Å². The first-order valence-corrected chi connectivity index (χ1v) is 11.3. The molecule has 8 nitrogen and oxygen atoms in total. The van der Waals surface area contributed by atoms with Gasteiger partial charge in [-0.15, -0.1) is 0 Å². The number of hydrogen-bond acceptors (Lipinski definition) is 5. The number of carbonyl (C=O) groups excluding carboxylic acids is 3. The molecular weight excluding hydrogens is 444 g/mol. The number of benzene rings is 2. The number of anilines is 2. The first-order valence-electron chi connectivity index (χ1n) is 11.0. The molecule has 2 aromatic rings. The summed E-state index contributed by atoms with van der Waals surface area (Å²) >= 11 is 6.11. The minimum absolute atomic E-state index is 0.0668. The number of ether oxygens (including phenoxy) is 1. The van der Waals surface area contributed by atoms with Crippen molar-refractivity contribution in [3.05, 3.63) is 46.5 Å². The zero-order valence-electron chi connectivity index (χ0n) is 18.7. The molecule has 0 aromatic heterocycles. The molecule has 0 spiro atoms. The summed E-state index contributed by atoms with van der Waals surface area (Å²) in [6.07, 6.45) is 2.94. The zero-order chi connectivity index (χ0) is 23.7. The largest absolute Gasteiger partial charge is 0.455 e. The van der Waals surface area contributed by atoms with E-state index >= 15 is 0 Å². The second kappa shape index (κ2) is 9.31. The highest BCUT2D eigenvalue weighted by molar-refractivity contribution is 6.30. The van der Waals surface area contributed by atoms with Gasteiger partial charge in [-0.25, -0.2) is 0 Å². The molecule has 4 rings (SSSR count). The number of nitrogens with zero attached hydrogens (tertiary/aromatic N) is 2. The van der Waals surface area contributed by atoms with Crippen LogP contribution in [-0.2, 0) is 9.59 Å². The highest BCUT2D eigenvalue weighted by Crippen LogP contribution is 2.36. The van der Waals surface area contributed by atoms with E-state index in [0.717, 1.165) is 24.8 Å². The van der Waals surface area contributed by atoms with Crippen molar-refractivity contribution >= 4 is 40.7 Å². The lowest BCUT2D eigenvalue weighted by Crippen LogP contribution is -2.47. The number of likely N-dealkylation sites (N-methyl/N-ethyl adjacent to an activating group) is 1. The van der Waals surface area contributed by atoms with E-state index < -0.39 is 17.9 Å². The second-order valence-corrected chi connectivity index (χ2v) is 9.01. The summed E-state index contributed by atoms with van der Waals surface area (Å²) in [7, 11) is 1.53. The molecule has 1 atom stereocenters. The second-order valence-electron chi connectivity index (χ2n) is 8.57. The Bertz CT molecular complexity index is 1090. The highest BCUT2D eigenvalue weighted by Gasteiger charge is 2.36. The van der Waals surface area contributed by atoms with Crippen LogP contribution in [0, 0.1) is 6.92 Å². The lowest BCUT2D eigenvalue weighted by atomic mass is 10.1. The maximum Gasteiger partial charge on any atom is 0.256 e. The third-order valence-electron chi connectivity index (χ3n) is 6.05.